The van der Waals surface area contributed by atoms with Gasteiger partial charge in [-0.2, -0.15) is 0 Å². The van der Waals surface area contributed by atoms with E-state index in [1.54, 1.807) is 0 Å². The molecule has 0 amide bonds. The molecule has 0 saturated carbocycles. The summed E-state index contributed by atoms with van der Waals surface area (Å²) in [5.41, 5.74) is 9.81. The van der Waals surface area contributed by atoms with E-state index in [9.17, 15) is 0 Å². The molecule has 0 radical (unpaired) electrons. The first-order chi connectivity index (χ1) is 1.91. The van der Waals surface area contributed by atoms with E-state index in [1.165, 1.54) is 0 Å². The molecule has 4 N–H and O–H groups in total. The number of halogens is 1. The minimum Gasteiger partial charge on any atom is -0.329 e. The topological polar surface area (TPSA) is 52.0 Å². The summed E-state index contributed by atoms with van der Waals surface area (Å²) in [5.74, 6) is 0. The van der Waals surface area contributed by atoms with Crippen LogP contribution in [0.2, 0.25) is 0 Å². The summed E-state index contributed by atoms with van der Waals surface area (Å²) in [6, 6.07) is 0. The molecular formula is C2H9ClN2. The van der Waals surface area contributed by atoms with Crippen molar-refractivity contribution in [2.45, 2.75) is 0 Å². The van der Waals surface area contributed by atoms with Crippen molar-refractivity contribution in [1.29, 1.82) is 0 Å². The molecule has 0 rings (SSSR count). The van der Waals surface area contributed by atoms with Gasteiger partial charge in [-0.3, -0.25) is 0 Å². The van der Waals surface area contributed by atoms with Crippen LogP contribution in [0.25, 0.3) is 0 Å². The van der Waals surface area contributed by atoms with Crippen molar-refractivity contribution in [2.24, 2.45) is 11.5 Å². The zero-order valence-corrected chi connectivity index (χ0v) is 3.79. The Labute approximate surface area is 37.9 Å². The summed E-state index contributed by atoms with van der Waals surface area (Å²) in [6.45, 7) is 1.19. The van der Waals surface area contributed by atoms with Crippen LogP contribution >= 0.6 is 12.4 Å². The van der Waals surface area contributed by atoms with Gasteiger partial charge in [-0.15, -0.1) is 12.4 Å². The van der Waals surface area contributed by atoms with E-state index in [4.69, 9.17) is 11.5 Å². The molecule has 34 valence electrons. The molecule has 3 heteroatoms. The SMILES string of the molecule is Cl.N[14CH2][14CH2]N. The van der Waals surface area contributed by atoms with Gasteiger partial charge in [-0.25, -0.2) is 0 Å². The molecular weight excluding hydrogens is 91.5 g/mol. The number of hydrogen-bond donors (Lipinski definition) is 2. The number of rotatable bonds is 1. The van der Waals surface area contributed by atoms with Crippen LogP contribution in [-0.2, 0) is 0 Å². The molecule has 0 fully saturated rings. The van der Waals surface area contributed by atoms with E-state index in [0.29, 0.717) is 13.1 Å². The monoisotopic (exact) mass is 100 g/mol. The normalized spacial score (nSPS) is 6.00. The maximum absolute atomic E-state index is 4.90. The molecule has 2 nitrogen and oxygen atoms in total. The smallest absolute Gasteiger partial charge is 0.00461 e. The molecule has 0 aromatic heterocycles. The van der Waals surface area contributed by atoms with Crippen molar-refractivity contribution < 1.29 is 0 Å². The van der Waals surface area contributed by atoms with E-state index in [1.807, 2.05) is 0 Å². The van der Waals surface area contributed by atoms with Crippen LogP contribution in [-0.4, -0.2) is 13.1 Å². The summed E-state index contributed by atoms with van der Waals surface area (Å²) in [5, 5.41) is 0. The molecule has 0 heterocycles. The van der Waals surface area contributed by atoms with Crippen LogP contribution in [0.4, 0.5) is 0 Å². The molecule has 0 atom stereocenters. The highest BCUT2D eigenvalue weighted by molar-refractivity contribution is 5.85. The van der Waals surface area contributed by atoms with Crippen molar-refractivity contribution in [1.82, 2.24) is 0 Å². The molecule has 0 spiro atoms. The second-order valence-electron chi connectivity index (χ2n) is 0.577. The van der Waals surface area contributed by atoms with Gasteiger partial charge in [0.15, 0.2) is 0 Å². The summed E-state index contributed by atoms with van der Waals surface area (Å²) in [6.07, 6.45) is 0. The Hall–Kier alpha value is 0.210. The molecule has 5 heavy (non-hydrogen) atoms. The van der Waals surface area contributed by atoms with Gasteiger partial charge in [0, 0.05) is 13.1 Å². The highest BCUT2D eigenvalue weighted by Gasteiger charge is 1.54. The summed E-state index contributed by atoms with van der Waals surface area (Å²) in [4.78, 5) is 0. The van der Waals surface area contributed by atoms with Gasteiger partial charge in [0.2, 0.25) is 0 Å². The second-order valence-corrected chi connectivity index (χ2v) is 0.577. The zero-order valence-electron chi connectivity index (χ0n) is 2.98. The molecule has 0 bridgehead atoms. The highest BCUT2D eigenvalue weighted by Crippen LogP contribution is 1.24. The summed E-state index contributed by atoms with van der Waals surface area (Å²) < 4.78 is 0. The largest absolute Gasteiger partial charge is 0.329 e. The van der Waals surface area contributed by atoms with Gasteiger partial charge in [-0.1, -0.05) is 0 Å². The lowest BCUT2D eigenvalue weighted by Gasteiger charge is -1.72. The fourth-order valence-corrected chi connectivity index (χ4v) is 0. The van der Waals surface area contributed by atoms with Crippen molar-refractivity contribution in [3.05, 3.63) is 0 Å². The summed E-state index contributed by atoms with van der Waals surface area (Å²) in [7, 11) is 0. The predicted octanol–water partition coefficient (Wildman–Crippen LogP) is -0.674. The Morgan fingerprint density at radius 1 is 1.00 bits per heavy atom. The third-order valence-electron chi connectivity index (χ3n) is 0.167. The van der Waals surface area contributed by atoms with E-state index < -0.39 is 0 Å². The first kappa shape index (κ1) is 8.96. The number of nitrogens with two attached hydrogens (primary N) is 2. The van der Waals surface area contributed by atoms with Crippen LogP contribution in [0, 0.1) is 0 Å². The highest BCUT2D eigenvalue weighted by atomic mass is 35.5. The fraction of sp³-hybridized carbons (Fsp3) is 1.00. The molecule has 0 saturated heterocycles. The van der Waals surface area contributed by atoms with E-state index in [2.05, 4.69) is 0 Å². The van der Waals surface area contributed by atoms with Crippen LogP contribution in [0.5, 0.6) is 0 Å². The maximum Gasteiger partial charge on any atom is 0.00461 e. The average Bonchev–Trinajstić information content (AvgIpc) is 1.37. The standard InChI is InChI=1S/C2H8N2.ClH/c3-1-2-4;/h1-4H2;1H/i1+2,2+2;. The van der Waals surface area contributed by atoms with Crippen molar-refractivity contribution in [2.75, 3.05) is 13.1 Å². The van der Waals surface area contributed by atoms with Gasteiger partial charge in [0.1, 0.15) is 0 Å². The Morgan fingerprint density at radius 3 is 1.20 bits per heavy atom. The summed E-state index contributed by atoms with van der Waals surface area (Å²) >= 11 is 0. The zero-order chi connectivity index (χ0) is 3.41. The molecule has 0 aliphatic heterocycles. The Bertz CT molecular complexity index is 9.61. The van der Waals surface area contributed by atoms with Gasteiger partial charge in [0.05, 0.1) is 0 Å². The van der Waals surface area contributed by atoms with E-state index >= 15 is 0 Å². The van der Waals surface area contributed by atoms with Crippen LogP contribution in [0.15, 0.2) is 0 Å². The minimum absolute atomic E-state index is 0. The third-order valence-corrected chi connectivity index (χ3v) is 0.167. The minimum atomic E-state index is 0. The van der Waals surface area contributed by atoms with Crippen molar-refractivity contribution >= 4 is 12.4 Å². The van der Waals surface area contributed by atoms with E-state index in [-0.39, 0.29) is 12.4 Å². The van der Waals surface area contributed by atoms with Gasteiger partial charge in [-0.05, 0) is 0 Å². The Balaban J connectivity index is 0. The lowest BCUT2D eigenvalue weighted by atomic mass is 12.4. The second kappa shape index (κ2) is 8.88. The van der Waals surface area contributed by atoms with Gasteiger partial charge in [0.25, 0.3) is 0 Å². The Kier molecular flexibility index (Phi) is 15.9. The molecule has 0 aliphatic rings. The van der Waals surface area contributed by atoms with Crippen LogP contribution < -0.4 is 11.5 Å². The first-order valence-corrected chi connectivity index (χ1v) is 1.32. The molecule has 0 aromatic carbocycles. The first-order valence-electron chi connectivity index (χ1n) is 1.32. The van der Waals surface area contributed by atoms with Crippen molar-refractivity contribution in [3.63, 3.8) is 0 Å². The van der Waals surface area contributed by atoms with Gasteiger partial charge < -0.3 is 11.5 Å². The number of hydrogen-bond acceptors (Lipinski definition) is 2. The van der Waals surface area contributed by atoms with E-state index in [0.717, 1.165) is 0 Å². The molecule has 0 aliphatic carbocycles. The maximum atomic E-state index is 4.90. The van der Waals surface area contributed by atoms with Crippen LogP contribution in [0.1, 0.15) is 0 Å². The van der Waals surface area contributed by atoms with Gasteiger partial charge >= 0.3 is 0 Å². The van der Waals surface area contributed by atoms with Crippen LogP contribution in [0.3, 0.4) is 0 Å². The fourth-order valence-electron chi connectivity index (χ4n) is 0. The lowest BCUT2D eigenvalue weighted by Crippen LogP contribution is -2.11. The molecule has 0 unspecified atom stereocenters. The van der Waals surface area contributed by atoms with Crippen molar-refractivity contribution in [3.8, 4) is 0 Å². The predicted molar refractivity (Wildman–Crippen MR) is 25.4 cm³/mol. The lowest BCUT2D eigenvalue weighted by molar-refractivity contribution is 0.976. The molecule has 0 aromatic rings. The third kappa shape index (κ3) is 14.0. The quantitative estimate of drug-likeness (QED) is 0.459. The Morgan fingerprint density at radius 2 is 1.20 bits per heavy atom. The average molecular weight is 101 g/mol.